The van der Waals surface area contributed by atoms with Crippen LogP contribution in [0.3, 0.4) is 0 Å². The molecule has 28 heavy (non-hydrogen) atoms. The second-order valence-electron chi connectivity index (χ2n) is 5.82. The number of thioether (sulfide) groups is 1. The number of H-pyrrole nitrogens is 1. The quantitative estimate of drug-likeness (QED) is 0.417. The lowest BCUT2D eigenvalue weighted by molar-refractivity contribution is 0.102. The maximum atomic E-state index is 12.4. The molecule has 0 spiro atoms. The third kappa shape index (κ3) is 4.92. The third-order valence-electron chi connectivity index (χ3n) is 3.81. The van der Waals surface area contributed by atoms with E-state index < -0.39 is 11.5 Å². The van der Waals surface area contributed by atoms with Crippen LogP contribution in [0.5, 0.6) is 5.75 Å². The molecule has 0 fully saturated rings. The zero-order chi connectivity index (χ0) is 19.9. The minimum atomic E-state index is -0.498. The topological polar surface area (TPSA) is 110 Å². The van der Waals surface area contributed by atoms with Crippen molar-refractivity contribution in [3.63, 3.8) is 0 Å². The van der Waals surface area contributed by atoms with Gasteiger partial charge in [-0.15, -0.1) is 0 Å². The van der Waals surface area contributed by atoms with E-state index in [1.165, 1.54) is 11.8 Å². The van der Waals surface area contributed by atoms with E-state index >= 15 is 0 Å². The predicted molar refractivity (Wildman–Crippen MR) is 111 cm³/mol. The smallest absolute Gasteiger partial charge is 0.277 e. The molecule has 1 aromatic heterocycles. The average Bonchev–Trinajstić information content (AvgIpc) is 2.70. The SMILES string of the molecule is CCOc1ccc(C(=O)Nc2c(N)nc(SCc3ccccc3)[nH]c2=O)cc1. The molecule has 7 nitrogen and oxygen atoms in total. The Labute approximate surface area is 166 Å². The van der Waals surface area contributed by atoms with Crippen LogP contribution in [0, 0.1) is 0 Å². The number of benzene rings is 2. The molecule has 0 aliphatic heterocycles. The van der Waals surface area contributed by atoms with Crippen molar-refractivity contribution in [1.29, 1.82) is 0 Å². The Morgan fingerprint density at radius 3 is 2.54 bits per heavy atom. The first-order valence-corrected chi connectivity index (χ1v) is 9.66. The molecule has 2 aromatic carbocycles. The molecule has 3 aromatic rings. The Bertz CT molecular complexity index is 1000. The summed E-state index contributed by atoms with van der Waals surface area (Å²) in [5.41, 5.74) is 6.82. The van der Waals surface area contributed by atoms with Crippen molar-refractivity contribution >= 4 is 29.2 Å². The van der Waals surface area contributed by atoms with E-state index in [0.717, 1.165) is 5.56 Å². The molecular weight excluding hydrogens is 376 g/mol. The van der Waals surface area contributed by atoms with Crippen molar-refractivity contribution in [3.8, 4) is 5.75 Å². The fraction of sp³-hybridized carbons (Fsp3) is 0.150. The van der Waals surface area contributed by atoms with Crippen molar-refractivity contribution in [2.24, 2.45) is 0 Å². The first-order valence-electron chi connectivity index (χ1n) is 8.67. The van der Waals surface area contributed by atoms with E-state index in [1.54, 1.807) is 24.3 Å². The van der Waals surface area contributed by atoms with Gasteiger partial charge in [0.1, 0.15) is 11.4 Å². The number of rotatable bonds is 7. The molecule has 0 aliphatic rings. The molecule has 4 N–H and O–H groups in total. The number of nitrogen functional groups attached to an aromatic ring is 1. The van der Waals surface area contributed by atoms with Crippen LogP contribution in [0.15, 0.2) is 64.5 Å². The summed E-state index contributed by atoms with van der Waals surface area (Å²) in [5, 5.41) is 2.92. The molecule has 0 unspecified atom stereocenters. The molecule has 3 rings (SSSR count). The van der Waals surface area contributed by atoms with Crippen molar-refractivity contribution in [1.82, 2.24) is 9.97 Å². The van der Waals surface area contributed by atoms with E-state index in [1.807, 2.05) is 37.3 Å². The summed E-state index contributed by atoms with van der Waals surface area (Å²) in [4.78, 5) is 31.6. The normalized spacial score (nSPS) is 10.5. The van der Waals surface area contributed by atoms with Crippen molar-refractivity contribution in [2.75, 3.05) is 17.7 Å². The zero-order valence-electron chi connectivity index (χ0n) is 15.3. The number of nitrogens with one attached hydrogen (secondary N) is 2. The summed E-state index contributed by atoms with van der Waals surface area (Å²) < 4.78 is 5.35. The second kappa shape index (κ2) is 9.09. The molecule has 1 heterocycles. The van der Waals surface area contributed by atoms with Crippen molar-refractivity contribution < 1.29 is 9.53 Å². The molecule has 0 radical (unpaired) electrons. The van der Waals surface area contributed by atoms with Crippen LogP contribution in [0.1, 0.15) is 22.8 Å². The summed E-state index contributed by atoms with van der Waals surface area (Å²) in [6, 6.07) is 16.4. The molecule has 0 saturated heterocycles. The van der Waals surface area contributed by atoms with Gasteiger partial charge in [-0.1, -0.05) is 42.1 Å². The van der Waals surface area contributed by atoms with Crippen LogP contribution in [0.4, 0.5) is 11.5 Å². The van der Waals surface area contributed by atoms with E-state index in [-0.39, 0.29) is 11.5 Å². The Morgan fingerprint density at radius 2 is 1.89 bits per heavy atom. The van der Waals surface area contributed by atoms with Crippen LogP contribution in [0.25, 0.3) is 0 Å². The molecule has 1 amide bonds. The van der Waals surface area contributed by atoms with Gasteiger partial charge in [0.2, 0.25) is 0 Å². The highest BCUT2D eigenvalue weighted by molar-refractivity contribution is 7.98. The molecule has 0 bridgehead atoms. The van der Waals surface area contributed by atoms with Crippen LogP contribution in [-0.2, 0) is 5.75 Å². The van der Waals surface area contributed by atoms with Gasteiger partial charge < -0.3 is 15.8 Å². The first-order chi connectivity index (χ1) is 13.6. The Kier molecular flexibility index (Phi) is 6.33. The van der Waals surface area contributed by atoms with Crippen LogP contribution in [0.2, 0.25) is 0 Å². The van der Waals surface area contributed by atoms with Gasteiger partial charge in [-0.05, 0) is 36.8 Å². The predicted octanol–water partition coefficient (Wildman–Crippen LogP) is 3.30. The Hall–Kier alpha value is -3.26. The molecule has 0 aliphatic carbocycles. The summed E-state index contributed by atoms with van der Waals surface area (Å²) in [5.74, 6) is 0.824. The summed E-state index contributed by atoms with van der Waals surface area (Å²) >= 11 is 1.36. The van der Waals surface area contributed by atoms with Crippen molar-refractivity contribution in [2.45, 2.75) is 17.8 Å². The van der Waals surface area contributed by atoms with Gasteiger partial charge >= 0.3 is 0 Å². The number of amides is 1. The minimum absolute atomic E-state index is 0.0291. The van der Waals surface area contributed by atoms with Gasteiger partial charge in [-0.2, -0.15) is 0 Å². The number of nitrogens with two attached hydrogens (primary N) is 1. The molecule has 8 heteroatoms. The Morgan fingerprint density at radius 1 is 1.18 bits per heavy atom. The third-order valence-corrected chi connectivity index (χ3v) is 4.75. The number of anilines is 2. The molecule has 144 valence electrons. The number of aromatic amines is 1. The maximum absolute atomic E-state index is 12.4. The van der Waals surface area contributed by atoms with E-state index in [2.05, 4.69) is 15.3 Å². The standard InChI is InChI=1S/C20H20N4O3S/c1-2-27-15-10-8-14(9-11-15)18(25)22-16-17(21)23-20(24-19(16)26)28-12-13-6-4-3-5-7-13/h3-11H,2,12H2,1H3,(H,22,25)(H3,21,23,24,26). The lowest BCUT2D eigenvalue weighted by Gasteiger charge is -2.09. The first kappa shape index (κ1) is 19.5. The van der Waals surface area contributed by atoms with Gasteiger partial charge in [-0.3, -0.25) is 14.6 Å². The lowest BCUT2D eigenvalue weighted by atomic mass is 10.2. The monoisotopic (exact) mass is 396 g/mol. The average molecular weight is 396 g/mol. The number of hydrogen-bond acceptors (Lipinski definition) is 6. The minimum Gasteiger partial charge on any atom is -0.494 e. The zero-order valence-corrected chi connectivity index (χ0v) is 16.1. The molecule has 0 atom stereocenters. The highest BCUT2D eigenvalue weighted by Gasteiger charge is 2.14. The maximum Gasteiger partial charge on any atom is 0.277 e. The fourth-order valence-corrected chi connectivity index (χ4v) is 3.26. The van der Waals surface area contributed by atoms with Crippen LogP contribution in [-0.4, -0.2) is 22.5 Å². The number of carbonyl (C=O) groups excluding carboxylic acids is 1. The summed E-state index contributed by atoms with van der Waals surface area (Å²) in [7, 11) is 0. The van der Waals surface area contributed by atoms with Gasteiger partial charge in [0, 0.05) is 11.3 Å². The van der Waals surface area contributed by atoms with Gasteiger partial charge in [0.25, 0.3) is 11.5 Å². The number of nitrogens with zero attached hydrogens (tertiary/aromatic N) is 1. The van der Waals surface area contributed by atoms with Gasteiger partial charge in [0.05, 0.1) is 6.61 Å². The van der Waals surface area contributed by atoms with Crippen molar-refractivity contribution in [3.05, 3.63) is 76.1 Å². The highest BCUT2D eigenvalue weighted by atomic mass is 32.2. The van der Waals surface area contributed by atoms with Crippen LogP contribution < -0.4 is 21.3 Å². The lowest BCUT2D eigenvalue weighted by Crippen LogP contribution is -2.23. The molecule has 0 saturated carbocycles. The van der Waals surface area contributed by atoms with Crippen LogP contribution >= 0.6 is 11.8 Å². The number of aromatic nitrogens is 2. The fourth-order valence-electron chi connectivity index (χ4n) is 2.44. The van der Waals surface area contributed by atoms with Gasteiger partial charge in [0.15, 0.2) is 11.0 Å². The number of carbonyl (C=O) groups is 1. The largest absolute Gasteiger partial charge is 0.494 e. The second-order valence-corrected chi connectivity index (χ2v) is 6.78. The Balaban J connectivity index is 1.70. The van der Waals surface area contributed by atoms with E-state index in [4.69, 9.17) is 10.5 Å². The van der Waals surface area contributed by atoms with E-state index in [0.29, 0.717) is 28.8 Å². The number of ether oxygens (including phenoxy) is 1. The number of hydrogen-bond donors (Lipinski definition) is 3. The summed E-state index contributed by atoms with van der Waals surface area (Å²) in [6.07, 6.45) is 0. The molecular formula is C20H20N4O3S. The summed E-state index contributed by atoms with van der Waals surface area (Å²) in [6.45, 7) is 2.42. The van der Waals surface area contributed by atoms with E-state index in [9.17, 15) is 9.59 Å². The van der Waals surface area contributed by atoms with Gasteiger partial charge in [-0.25, -0.2) is 4.98 Å². The highest BCUT2D eigenvalue weighted by Crippen LogP contribution is 2.21.